The first-order valence-corrected chi connectivity index (χ1v) is 9.39. The highest BCUT2D eigenvalue weighted by molar-refractivity contribution is 6.33. The van der Waals surface area contributed by atoms with Gasteiger partial charge in [0.1, 0.15) is 0 Å². The molecule has 1 aromatic heterocycles. The number of fused-ring (bicyclic) bond motifs is 1. The molecule has 4 nitrogen and oxygen atoms in total. The quantitative estimate of drug-likeness (QED) is 0.585. The molecule has 0 spiro atoms. The molecule has 4 rings (SSSR count). The second kappa shape index (κ2) is 7.49. The molecule has 1 atom stereocenters. The molecular weight excluding hydrogens is 362 g/mol. The van der Waals surface area contributed by atoms with Crippen LogP contribution in [0.3, 0.4) is 0 Å². The Morgan fingerprint density at radius 1 is 1.07 bits per heavy atom. The summed E-state index contributed by atoms with van der Waals surface area (Å²) in [5.41, 5.74) is 2.42. The SMILES string of the molecule is O=C(OC1CCCCC1=O)c1cc(-c2ccccc2Cl)nc2ccccc12. The highest BCUT2D eigenvalue weighted by atomic mass is 35.5. The lowest BCUT2D eigenvalue weighted by Gasteiger charge is -2.21. The van der Waals surface area contributed by atoms with Crippen molar-refractivity contribution in [3.63, 3.8) is 0 Å². The van der Waals surface area contributed by atoms with Crippen LogP contribution in [-0.2, 0) is 9.53 Å². The Bertz CT molecular complexity index is 1030. The number of esters is 1. The molecule has 1 saturated carbocycles. The van der Waals surface area contributed by atoms with E-state index in [0.29, 0.717) is 40.0 Å². The van der Waals surface area contributed by atoms with E-state index in [0.717, 1.165) is 18.4 Å². The van der Waals surface area contributed by atoms with Crippen molar-refractivity contribution in [2.75, 3.05) is 0 Å². The average molecular weight is 380 g/mol. The fraction of sp³-hybridized carbons (Fsp3) is 0.227. The van der Waals surface area contributed by atoms with Crippen LogP contribution in [0.15, 0.2) is 54.6 Å². The zero-order valence-electron chi connectivity index (χ0n) is 14.7. The maximum Gasteiger partial charge on any atom is 0.339 e. The van der Waals surface area contributed by atoms with Crippen LogP contribution >= 0.6 is 11.6 Å². The summed E-state index contributed by atoms with van der Waals surface area (Å²) in [5, 5.41) is 1.25. The molecule has 3 aromatic rings. The van der Waals surface area contributed by atoms with Gasteiger partial charge in [0.2, 0.25) is 0 Å². The van der Waals surface area contributed by atoms with E-state index < -0.39 is 12.1 Å². The predicted molar refractivity (Wildman–Crippen MR) is 105 cm³/mol. The van der Waals surface area contributed by atoms with Crippen molar-refractivity contribution in [3.8, 4) is 11.3 Å². The summed E-state index contributed by atoms with van der Waals surface area (Å²) < 4.78 is 5.57. The number of carbonyl (C=O) groups excluding carboxylic acids is 2. The molecule has 136 valence electrons. The zero-order chi connectivity index (χ0) is 18.8. The molecule has 0 radical (unpaired) electrons. The van der Waals surface area contributed by atoms with E-state index in [1.165, 1.54) is 0 Å². The minimum absolute atomic E-state index is 0.000658. The van der Waals surface area contributed by atoms with Gasteiger partial charge in [-0.2, -0.15) is 0 Å². The van der Waals surface area contributed by atoms with Crippen LogP contribution in [-0.4, -0.2) is 22.8 Å². The van der Waals surface area contributed by atoms with Crippen LogP contribution < -0.4 is 0 Å². The van der Waals surface area contributed by atoms with Gasteiger partial charge in [-0.15, -0.1) is 0 Å². The molecule has 1 aliphatic rings. The highest BCUT2D eigenvalue weighted by Crippen LogP contribution is 2.30. The topological polar surface area (TPSA) is 56.3 Å². The molecule has 0 N–H and O–H groups in total. The van der Waals surface area contributed by atoms with Crippen molar-refractivity contribution >= 4 is 34.3 Å². The van der Waals surface area contributed by atoms with Crippen LogP contribution in [0.1, 0.15) is 36.0 Å². The van der Waals surface area contributed by atoms with E-state index >= 15 is 0 Å². The number of benzene rings is 2. The largest absolute Gasteiger partial charge is 0.451 e. The smallest absolute Gasteiger partial charge is 0.339 e. The monoisotopic (exact) mass is 379 g/mol. The van der Waals surface area contributed by atoms with E-state index in [-0.39, 0.29) is 5.78 Å². The molecule has 27 heavy (non-hydrogen) atoms. The molecule has 0 amide bonds. The van der Waals surface area contributed by atoms with Gasteiger partial charge >= 0.3 is 5.97 Å². The summed E-state index contributed by atoms with van der Waals surface area (Å²) in [4.78, 5) is 29.6. The van der Waals surface area contributed by atoms with Gasteiger partial charge in [0.15, 0.2) is 11.9 Å². The van der Waals surface area contributed by atoms with Crippen molar-refractivity contribution in [1.82, 2.24) is 4.98 Å². The fourth-order valence-corrected chi connectivity index (χ4v) is 3.65. The molecular formula is C22H18ClNO3. The van der Waals surface area contributed by atoms with Crippen LogP contribution in [0.5, 0.6) is 0 Å². The number of Topliss-reactive ketones (excluding diaryl/α,β-unsaturated/α-hetero) is 1. The van der Waals surface area contributed by atoms with E-state index in [2.05, 4.69) is 4.98 Å². The Hall–Kier alpha value is -2.72. The molecule has 0 aliphatic heterocycles. The highest BCUT2D eigenvalue weighted by Gasteiger charge is 2.27. The Kier molecular flexibility index (Phi) is 4.90. The zero-order valence-corrected chi connectivity index (χ0v) is 15.4. The van der Waals surface area contributed by atoms with Crippen molar-refractivity contribution in [3.05, 3.63) is 65.2 Å². The third-order valence-corrected chi connectivity index (χ3v) is 5.16. The number of hydrogen-bond acceptors (Lipinski definition) is 4. The average Bonchev–Trinajstić information content (AvgIpc) is 2.69. The second-order valence-corrected chi connectivity index (χ2v) is 7.07. The number of ether oxygens (including phenoxy) is 1. The van der Waals surface area contributed by atoms with E-state index in [9.17, 15) is 9.59 Å². The molecule has 1 fully saturated rings. The maximum atomic E-state index is 12.9. The molecule has 2 aromatic carbocycles. The Balaban J connectivity index is 1.78. The lowest BCUT2D eigenvalue weighted by atomic mass is 9.96. The van der Waals surface area contributed by atoms with Crippen molar-refractivity contribution in [2.45, 2.75) is 31.8 Å². The van der Waals surface area contributed by atoms with Gasteiger partial charge in [-0.1, -0.05) is 48.0 Å². The summed E-state index contributed by atoms with van der Waals surface area (Å²) >= 11 is 6.32. The molecule has 1 heterocycles. The van der Waals surface area contributed by atoms with Crippen LogP contribution in [0.25, 0.3) is 22.2 Å². The number of carbonyl (C=O) groups is 2. The molecule has 1 aliphatic carbocycles. The molecule has 0 saturated heterocycles. The van der Waals surface area contributed by atoms with E-state index in [1.807, 2.05) is 42.5 Å². The van der Waals surface area contributed by atoms with Gasteiger partial charge in [-0.25, -0.2) is 9.78 Å². The number of nitrogens with zero attached hydrogens (tertiary/aromatic N) is 1. The minimum atomic E-state index is -0.651. The first-order valence-electron chi connectivity index (χ1n) is 9.02. The summed E-state index contributed by atoms with van der Waals surface area (Å²) in [6, 6.07) is 16.4. The third kappa shape index (κ3) is 3.58. The van der Waals surface area contributed by atoms with Gasteiger partial charge in [0.25, 0.3) is 0 Å². The predicted octanol–water partition coefficient (Wildman–Crippen LogP) is 5.22. The fourth-order valence-electron chi connectivity index (χ4n) is 3.42. The summed E-state index contributed by atoms with van der Waals surface area (Å²) in [6.45, 7) is 0. The number of rotatable bonds is 3. The second-order valence-electron chi connectivity index (χ2n) is 6.66. The van der Waals surface area contributed by atoms with Crippen molar-refractivity contribution in [2.24, 2.45) is 0 Å². The first kappa shape index (κ1) is 17.7. The number of ketones is 1. The molecule has 1 unspecified atom stereocenters. The van der Waals surface area contributed by atoms with Gasteiger partial charge < -0.3 is 4.74 Å². The van der Waals surface area contributed by atoms with Gasteiger partial charge in [-0.3, -0.25) is 4.79 Å². The van der Waals surface area contributed by atoms with E-state index in [4.69, 9.17) is 16.3 Å². The van der Waals surface area contributed by atoms with Crippen LogP contribution in [0.2, 0.25) is 5.02 Å². The Labute approximate surface area is 162 Å². The molecule has 5 heteroatoms. The summed E-state index contributed by atoms with van der Waals surface area (Å²) in [7, 11) is 0. The number of aromatic nitrogens is 1. The van der Waals surface area contributed by atoms with Gasteiger partial charge in [-0.05, 0) is 37.5 Å². The number of hydrogen-bond donors (Lipinski definition) is 0. The maximum absolute atomic E-state index is 12.9. The molecule has 0 bridgehead atoms. The Morgan fingerprint density at radius 2 is 1.85 bits per heavy atom. The lowest BCUT2D eigenvalue weighted by molar-refractivity contribution is -0.129. The van der Waals surface area contributed by atoms with Crippen LogP contribution in [0, 0.1) is 0 Å². The summed E-state index contributed by atoms with van der Waals surface area (Å²) in [6.07, 6.45) is 2.17. The number of pyridine rings is 1. The number of halogens is 1. The first-order chi connectivity index (χ1) is 13.1. The van der Waals surface area contributed by atoms with Crippen molar-refractivity contribution < 1.29 is 14.3 Å². The third-order valence-electron chi connectivity index (χ3n) is 4.83. The lowest BCUT2D eigenvalue weighted by Crippen LogP contribution is -2.30. The standard InChI is InChI=1S/C22H18ClNO3/c23-17-9-3-1-8-15(17)19-13-16(14-7-2-4-10-18(14)24-19)22(26)27-21-12-6-5-11-20(21)25/h1-4,7-10,13,21H,5-6,11-12H2. The normalized spacial score (nSPS) is 17.1. The van der Waals surface area contributed by atoms with E-state index in [1.54, 1.807) is 12.1 Å². The van der Waals surface area contributed by atoms with Crippen molar-refractivity contribution in [1.29, 1.82) is 0 Å². The summed E-state index contributed by atoms with van der Waals surface area (Å²) in [5.74, 6) is -0.499. The van der Waals surface area contributed by atoms with Gasteiger partial charge in [0, 0.05) is 22.4 Å². The number of para-hydroxylation sites is 1. The van der Waals surface area contributed by atoms with Gasteiger partial charge in [0.05, 0.1) is 16.8 Å². The van der Waals surface area contributed by atoms with Crippen LogP contribution in [0.4, 0.5) is 0 Å². The Morgan fingerprint density at radius 3 is 2.67 bits per heavy atom. The minimum Gasteiger partial charge on any atom is -0.451 e.